The van der Waals surface area contributed by atoms with Crippen LogP contribution in [0.4, 0.5) is 5.69 Å². The molecule has 1 saturated heterocycles. The number of nitrogens with one attached hydrogen (secondary N) is 1. The number of amides is 2. The number of anilines is 1. The topological polar surface area (TPSA) is 101 Å². The monoisotopic (exact) mass is 290 g/mol. The SMILES string of the molecule is CN1CCCC(CNc2cc(C(N)=O)cc(C(N)=O)c2)C1. The number of nitrogens with two attached hydrogens (primary N) is 2. The molecular weight excluding hydrogens is 268 g/mol. The Balaban J connectivity index is 2.08. The van der Waals surface area contributed by atoms with E-state index in [9.17, 15) is 9.59 Å². The van der Waals surface area contributed by atoms with Crippen molar-refractivity contribution in [2.24, 2.45) is 17.4 Å². The average molecular weight is 290 g/mol. The quantitative estimate of drug-likeness (QED) is 0.740. The van der Waals surface area contributed by atoms with Gasteiger partial charge < -0.3 is 21.7 Å². The summed E-state index contributed by atoms with van der Waals surface area (Å²) in [5.41, 5.74) is 11.8. The molecule has 1 aliphatic rings. The molecule has 114 valence electrons. The molecule has 1 aliphatic heterocycles. The van der Waals surface area contributed by atoms with Crippen LogP contribution in [0.1, 0.15) is 33.6 Å². The predicted molar refractivity (Wildman–Crippen MR) is 82.2 cm³/mol. The summed E-state index contributed by atoms with van der Waals surface area (Å²) in [5, 5.41) is 3.28. The second kappa shape index (κ2) is 6.58. The lowest BCUT2D eigenvalue weighted by Gasteiger charge is -2.30. The second-order valence-electron chi connectivity index (χ2n) is 5.68. The number of nitrogens with zero attached hydrogens (tertiary/aromatic N) is 1. The van der Waals surface area contributed by atoms with E-state index in [1.807, 2.05) is 0 Å². The third kappa shape index (κ3) is 4.19. The number of hydrogen-bond donors (Lipinski definition) is 3. The molecule has 1 aromatic rings. The van der Waals surface area contributed by atoms with Gasteiger partial charge in [-0.15, -0.1) is 0 Å². The lowest BCUT2D eigenvalue weighted by atomic mass is 9.98. The number of carbonyl (C=O) groups excluding carboxylic acids is 2. The first-order chi connectivity index (χ1) is 9.95. The van der Waals surface area contributed by atoms with Gasteiger partial charge in [0, 0.05) is 29.9 Å². The van der Waals surface area contributed by atoms with Gasteiger partial charge in [-0.25, -0.2) is 0 Å². The molecule has 1 fully saturated rings. The van der Waals surface area contributed by atoms with Crippen LogP contribution in [0, 0.1) is 5.92 Å². The third-order valence-electron chi connectivity index (χ3n) is 3.82. The van der Waals surface area contributed by atoms with E-state index in [2.05, 4.69) is 17.3 Å². The fraction of sp³-hybridized carbons (Fsp3) is 0.467. The molecule has 0 spiro atoms. The van der Waals surface area contributed by atoms with Crippen molar-refractivity contribution in [1.82, 2.24) is 4.90 Å². The molecule has 1 atom stereocenters. The van der Waals surface area contributed by atoms with Gasteiger partial charge in [0.25, 0.3) is 0 Å². The molecule has 21 heavy (non-hydrogen) atoms. The maximum Gasteiger partial charge on any atom is 0.248 e. The van der Waals surface area contributed by atoms with Crippen molar-refractivity contribution in [2.75, 3.05) is 32.0 Å². The van der Waals surface area contributed by atoms with Crippen molar-refractivity contribution in [2.45, 2.75) is 12.8 Å². The molecule has 1 aromatic carbocycles. The lowest BCUT2D eigenvalue weighted by molar-refractivity contribution is 0.0999. The first-order valence-corrected chi connectivity index (χ1v) is 7.13. The molecule has 2 rings (SSSR count). The summed E-state index contributed by atoms with van der Waals surface area (Å²) >= 11 is 0. The Bertz CT molecular complexity index is 512. The fourth-order valence-corrected chi connectivity index (χ4v) is 2.72. The summed E-state index contributed by atoms with van der Waals surface area (Å²) in [6.45, 7) is 2.98. The number of carbonyl (C=O) groups is 2. The van der Waals surface area contributed by atoms with E-state index in [1.165, 1.54) is 18.9 Å². The average Bonchev–Trinajstić information content (AvgIpc) is 2.45. The Morgan fingerprint density at radius 1 is 1.24 bits per heavy atom. The normalized spacial score (nSPS) is 19.2. The first kappa shape index (κ1) is 15.3. The zero-order chi connectivity index (χ0) is 15.4. The molecule has 0 bridgehead atoms. The van der Waals surface area contributed by atoms with E-state index in [1.54, 1.807) is 12.1 Å². The van der Waals surface area contributed by atoms with Crippen LogP contribution < -0.4 is 16.8 Å². The molecule has 1 heterocycles. The van der Waals surface area contributed by atoms with Gasteiger partial charge in [-0.05, 0) is 50.6 Å². The molecule has 0 saturated carbocycles. The highest BCUT2D eigenvalue weighted by atomic mass is 16.1. The minimum absolute atomic E-state index is 0.287. The van der Waals surface area contributed by atoms with Crippen LogP contribution in [0.25, 0.3) is 0 Å². The molecule has 0 radical (unpaired) electrons. The maximum atomic E-state index is 11.3. The fourth-order valence-electron chi connectivity index (χ4n) is 2.72. The highest BCUT2D eigenvalue weighted by Gasteiger charge is 2.17. The summed E-state index contributed by atoms with van der Waals surface area (Å²) in [7, 11) is 2.12. The van der Waals surface area contributed by atoms with E-state index in [-0.39, 0.29) is 11.1 Å². The van der Waals surface area contributed by atoms with E-state index >= 15 is 0 Å². The number of likely N-dealkylation sites (tertiary alicyclic amines) is 1. The standard InChI is InChI=1S/C15H22N4O2/c1-19-4-2-3-10(9-19)8-18-13-6-11(14(16)20)5-12(7-13)15(17)21/h5-7,10,18H,2-4,8-9H2,1H3,(H2,16,20)(H2,17,21). The van der Waals surface area contributed by atoms with Crippen LogP contribution in [0.5, 0.6) is 0 Å². The van der Waals surface area contributed by atoms with Crippen LogP contribution in [-0.4, -0.2) is 43.4 Å². The van der Waals surface area contributed by atoms with Gasteiger partial charge >= 0.3 is 0 Å². The van der Waals surface area contributed by atoms with Gasteiger partial charge in [-0.1, -0.05) is 0 Å². The van der Waals surface area contributed by atoms with Crippen LogP contribution in [-0.2, 0) is 0 Å². The van der Waals surface area contributed by atoms with Gasteiger partial charge in [0.05, 0.1) is 0 Å². The lowest BCUT2D eigenvalue weighted by Crippen LogP contribution is -2.35. The van der Waals surface area contributed by atoms with Crippen molar-refractivity contribution in [1.29, 1.82) is 0 Å². The van der Waals surface area contributed by atoms with E-state index < -0.39 is 11.8 Å². The van der Waals surface area contributed by atoms with Crippen LogP contribution in [0.15, 0.2) is 18.2 Å². The Labute approximate surface area is 124 Å². The smallest absolute Gasteiger partial charge is 0.248 e. The summed E-state index contributed by atoms with van der Waals surface area (Å²) in [6, 6.07) is 4.73. The van der Waals surface area contributed by atoms with E-state index in [0.29, 0.717) is 11.6 Å². The van der Waals surface area contributed by atoms with Gasteiger partial charge in [-0.2, -0.15) is 0 Å². The van der Waals surface area contributed by atoms with Crippen LogP contribution in [0.3, 0.4) is 0 Å². The molecular formula is C15H22N4O2. The predicted octanol–water partition coefficient (Wildman–Crippen LogP) is 0.638. The minimum atomic E-state index is -0.571. The molecule has 6 nitrogen and oxygen atoms in total. The summed E-state index contributed by atoms with van der Waals surface area (Å²) < 4.78 is 0. The number of piperidine rings is 1. The maximum absolute atomic E-state index is 11.3. The van der Waals surface area contributed by atoms with Crippen LogP contribution in [0.2, 0.25) is 0 Å². The summed E-state index contributed by atoms with van der Waals surface area (Å²) in [4.78, 5) is 24.9. The number of hydrogen-bond acceptors (Lipinski definition) is 4. The Hall–Kier alpha value is -2.08. The molecule has 0 aromatic heterocycles. The van der Waals surface area contributed by atoms with Crippen molar-refractivity contribution < 1.29 is 9.59 Å². The highest BCUT2D eigenvalue weighted by molar-refractivity contribution is 5.99. The van der Waals surface area contributed by atoms with E-state index in [0.717, 1.165) is 19.6 Å². The zero-order valence-electron chi connectivity index (χ0n) is 12.3. The van der Waals surface area contributed by atoms with Gasteiger partial charge in [0.15, 0.2) is 0 Å². The number of benzene rings is 1. The van der Waals surface area contributed by atoms with Gasteiger partial charge in [0.2, 0.25) is 11.8 Å². The number of rotatable bonds is 5. The van der Waals surface area contributed by atoms with Crippen molar-refractivity contribution in [3.05, 3.63) is 29.3 Å². The van der Waals surface area contributed by atoms with Crippen molar-refractivity contribution in [3.63, 3.8) is 0 Å². The van der Waals surface area contributed by atoms with Crippen molar-refractivity contribution in [3.8, 4) is 0 Å². The summed E-state index contributed by atoms with van der Waals surface area (Å²) in [5.74, 6) is -0.588. The van der Waals surface area contributed by atoms with Crippen molar-refractivity contribution >= 4 is 17.5 Å². The van der Waals surface area contributed by atoms with E-state index in [4.69, 9.17) is 11.5 Å². The Morgan fingerprint density at radius 3 is 2.38 bits per heavy atom. The molecule has 0 aliphatic carbocycles. The Morgan fingerprint density at radius 2 is 1.86 bits per heavy atom. The molecule has 5 N–H and O–H groups in total. The number of primary amides is 2. The molecule has 2 amide bonds. The molecule has 6 heteroatoms. The zero-order valence-corrected chi connectivity index (χ0v) is 12.3. The summed E-state index contributed by atoms with van der Waals surface area (Å²) in [6.07, 6.45) is 2.37. The van der Waals surface area contributed by atoms with Crippen LogP contribution >= 0.6 is 0 Å². The van der Waals surface area contributed by atoms with Gasteiger partial charge in [-0.3, -0.25) is 9.59 Å². The largest absolute Gasteiger partial charge is 0.385 e. The third-order valence-corrected chi connectivity index (χ3v) is 3.82. The Kier molecular flexibility index (Phi) is 4.80. The highest BCUT2D eigenvalue weighted by Crippen LogP contribution is 2.18. The minimum Gasteiger partial charge on any atom is -0.385 e. The first-order valence-electron chi connectivity index (χ1n) is 7.13. The second-order valence-corrected chi connectivity index (χ2v) is 5.68. The molecule has 1 unspecified atom stereocenters. The van der Waals surface area contributed by atoms with Gasteiger partial charge in [0.1, 0.15) is 0 Å².